The molecule has 0 bridgehead atoms. The van der Waals surface area contributed by atoms with Gasteiger partial charge in [0.25, 0.3) is 0 Å². The molecule has 0 amide bonds. The molecule has 20 heavy (non-hydrogen) atoms. The summed E-state index contributed by atoms with van der Waals surface area (Å²) in [6.45, 7) is 3.81. The molecule has 2 aromatic heterocycles. The summed E-state index contributed by atoms with van der Waals surface area (Å²) in [5, 5.41) is 0.144. The molecule has 0 aliphatic carbocycles. The lowest BCUT2D eigenvalue weighted by molar-refractivity contribution is -0.0186. The molecule has 1 aliphatic rings. The van der Waals surface area contributed by atoms with Gasteiger partial charge in [-0.2, -0.15) is 4.98 Å². The Labute approximate surface area is 125 Å². The van der Waals surface area contributed by atoms with Crippen molar-refractivity contribution in [3.05, 3.63) is 16.8 Å². The quantitative estimate of drug-likeness (QED) is 0.629. The highest BCUT2D eigenvalue weighted by atomic mass is 35.5. The van der Waals surface area contributed by atoms with E-state index in [2.05, 4.69) is 15.0 Å². The predicted molar refractivity (Wildman–Crippen MR) is 73.6 cm³/mol. The second-order valence-electron chi connectivity index (χ2n) is 4.88. The molecule has 3 heterocycles. The van der Waals surface area contributed by atoms with Crippen LogP contribution in [0.1, 0.15) is 26.5 Å². The Morgan fingerprint density at radius 1 is 1.40 bits per heavy atom. The number of alkyl halides is 1. The zero-order valence-corrected chi connectivity index (χ0v) is 12.4. The van der Waals surface area contributed by atoms with Crippen molar-refractivity contribution in [3.63, 3.8) is 0 Å². The molecule has 0 spiro atoms. The first kappa shape index (κ1) is 14.0. The molecular weight excluding hydrogens is 306 g/mol. The van der Waals surface area contributed by atoms with Crippen LogP contribution in [0, 0.1) is 5.92 Å². The van der Waals surface area contributed by atoms with Crippen LogP contribution < -0.4 is 0 Å². The Kier molecular flexibility index (Phi) is 3.56. The number of rotatable bonds is 2. The van der Waals surface area contributed by atoms with Gasteiger partial charge in [-0.25, -0.2) is 14.4 Å². The first-order chi connectivity index (χ1) is 9.52. The van der Waals surface area contributed by atoms with Crippen molar-refractivity contribution in [1.82, 2.24) is 19.5 Å². The molecule has 5 nitrogen and oxygen atoms in total. The summed E-state index contributed by atoms with van der Waals surface area (Å²) in [6.07, 6.45) is 0.192. The molecule has 8 heteroatoms. The average molecular weight is 319 g/mol. The number of nitrogens with zero attached hydrogens (tertiary/aromatic N) is 4. The normalized spacial score (nSPS) is 30.2. The number of ether oxygens (including phenoxy) is 1. The monoisotopic (exact) mass is 318 g/mol. The number of imidazole rings is 1. The highest BCUT2D eigenvalue weighted by Crippen LogP contribution is 2.38. The van der Waals surface area contributed by atoms with Crippen LogP contribution in [0.25, 0.3) is 11.2 Å². The third kappa shape index (κ3) is 2.06. The van der Waals surface area contributed by atoms with Gasteiger partial charge in [-0.1, -0.05) is 25.4 Å². The lowest BCUT2D eigenvalue weighted by atomic mass is 10.00. The maximum absolute atomic E-state index is 14.4. The Morgan fingerprint density at radius 2 is 2.15 bits per heavy atom. The lowest BCUT2D eigenvalue weighted by Crippen LogP contribution is -2.19. The van der Waals surface area contributed by atoms with Crippen LogP contribution in [0.4, 0.5) is 4.39 Å². The van der Waals surface area contributed by atoms with Gasteiger partial charge in [-0.15, -0.1) is 0 Å². The van der Waals surface area contributed by atoms with E-state index >= 15 is 0 Å². The van der Waals surface area contributed by atoms with E-state index in [0.29, 0.717) is 11.2 Å². The van der Waals surface area contributed by atoms with Crippen molar-refractivity contribution in [2.75, 3.05) is 0 Å². The molecule has 4 atom stereocenters. The predicted octanol–water partition coefficient (Wildman–Crippen LogP) is 3.41. The summed E-state index contributed by atoms with van der Waals surface area (Å²) < 4.78 is 21.7. The largest absolute Gasteiger partial charge is 0.351 e. The van der Waals surface area contributed by atoms with E-state index in [-0.39, 0.29) is 22.5 Å². The number of aromatic nitrogens is 4. The Morgan fingerprint density at radius 3 is 2.80 bits per heavy atom. The molecule has 0 radical (unpaired) electrons. The highest BCUT2D eigenvalue weighted by molar-refractivity contribution is 6.35. The zero-order valence-electron chi connectivity index (χ0n) is 10.9. The van der Waals surface area contributed by atoms with Crippen molar-refractivity contribution >= 4 is 34.4 Å². The third-order valence-corrected chi connectivity index (χ3v) is 4.14. The summed E-state index contributed by atoms with van der Waals surface area (Å²) in [7, 11) is 0. The van der Waals surface area contributed by atoms with Crippen molar-refractivity contribution < 1.29 is 9.13 Å². The fourth-order valence-corrected chi connectivity index (χ4v) is 2.99. The molecule has 1 saturated heterocycles. The topological polar surface area (TPSA) is 52.8 Å². The average Bonchev–Trinajstić information content (AvgIpc) is 2.93. The number of hydrogen-bond donors (Lipinski definition) is 0. The van der Waals surface area contributed by atoms with Crippen molar-refractivity contribution in [2.24, 2.45) is 5.92 Å². The second-order valence-corrected chi connectivity index (χ2v) is 5.58. The minimum absolute atomic E-state index is 0.00209. The molecule has 108 valence electrons. The number of fused-ring (bicyclic) bond motifs is 1. The van der Waals surface area contributed by atoms with E-state index in [1.54, 1.807) is 0 Å². The summed E-state index contributed by atoms with van der Waals surface area (Å²) in [5.74, 6) is -0.185. The molecule has 1 unspecified atom stereocenters. The second kappa shape index (κ2) is 5.09. The molecule has 2 aromatic rings. The third-order valence-electron chi connectivity index (χ3n) is 3.70. The van der Waals surface area contributed by atoms with Crippen LogP contribution >= 0.6 is 23.2 Å². The molecule has 0 N–H and O–H groups in total. The Bertz CT molecular complexity index is 650. The van der Waals surface area contributed by atoms with Gasteiger partial charge in [-0.3, -0.25) is 4.57 Å². The van der Waals surface area contributed by atoms with Gasteiger partial charge < -0.3 is 4.74 Å². The van der Waals surface area contributed by atoms with E-state index in [9.17, 15) is 4.39 Å². The fraction of sp³-hybridized carbons (Fsp3) is 0.583. The van der Waals surface area contributed by atoms with Crippen LogP contribution in [0.3, 0.4) is 0 Å². The maximum Gasteiger partial charge on any atom is 0.225 e. The summed E-state index contributed by atoms with van der Waals surface area (Å²) in [4.78, 5) is 12.0. The van der Waals surface area contributed by atoms with Gasteiger partial charge in [0.05, 0.1) is 12.4 Å². The van der Waals surface area contributed by atoms with E-state index in [1.165, 1.54) is 10.9 Å². The fourth-order valence-electron chi connectivity index (χ4n) is 2.57. The summed E-state index contributed by atoms with van der Waals surface area (Å²) in [6, 6.07) is 0. The maximum atomic E-state index is 14.4. The minimum Gasteiger partial charge on any atom is -0.351 e. The SMILES string of the molecule is CC[C@H]1O[C@H](n2cnc3c(Cl)nc(Cl)nc32)C(F)[C@H]1C. The van der Waals surface area contributed by atoms with E-state index in [4.69, 9.17) is 27.9 Å². The summed E-state index contributed by atoms with van der Waals surface area (Å²) >= 11 is 11.8. The minimum atomic E-state index is -1.13. The first-order valence-corrected chi connectivity index (χ1v) is 7.13. The number of hydrogen-bond acceptors (Lipinski definition) is 4. The molecule has 0 aromatic carbocycles. The van der Waals surface area contributed by atoms with Crippen molar-refractivity contribution in [2.45, 2.75) is 38.8 Å². The van der Waals surface area contributed by atoms with Crippen LogP contribution in [0.15, 0.2) is 6.33 Å². The van der Waals surface area contributed by atoms with Gasteiger partial charge >= 0.3 is 0 Å². The van der Waals surface area contributed by atoms with Gasteiger partial charge in [0, 0.05) is 5.92 Å². The van der Waals surface area contributed by atoms with Gasteiger partial charge in [0.2, 0.25) is 5.28 Å². The van der Waals surface area contributed by atoms with Crippen LogP contribution in [0.5, 0.6) is 0 Å². The van der Waals surface area contributed by atoms with E-state index in [0.717, 1.165) is 6.42 Å². The summed E-state index contributed by atoms with van der Waals surface area (Å²) in [5.41, 5.74) is 0.770. The highest BCUT2D eigenvalue weighted by Gasteiger charge is 2.43. The van der Waals surface area contributed by atoms with E-state index in [1.807, 2.05) is 13.8 Å². The van der Waals surface area contributed by atoms with Gasteiger partial charge in [0.1, 0.15) is 5.52 Å². The van der Waals surface area contributed by atoms with Crippen LogP contribution in [-0.2, 0) is 4.74 Å². The first-order valence-electron chi connectivity index (χ1n) is 6.38. The standard InChI is InChI=1S/C12H13Cl2FN4O/c1-3-6-5(2)7(15)11(20-6)19-4-16-8-9(13)17-12(14)18-10(8)19/h4-7,11H,3H2,1-2H3/t5-,6+,7?,11-/m0/s1. The van der Waals surface area contributed by atoms with Crippen molar-refractivity contribution in [1.29, 1.82) is 0 Å². The molecule has 3 rings (SSSR count). The van der Waals surface area contributed by atoms with Gasteiger partial charge in [0.15, 0.2) is 23.2 Å². The molecule has 1 fully saturated rings. The molecule has 1 aliphatic heterocycles. The number of halogens is 3. The van der Waals surface area contributed by atoms with E-state index < -0.39 is 12.4 Å². The van der Waals surface area contributed by atoms with Crippen LogP contribution in [0.2, 0.25) is 10.4 Å². The Hall–Kier alpha value is -0.980. The van der Waals surface area contributed by atoms with Crippen LogP contribution in [-0.4, -0.2) is 31.8 Å². The molecule has 0 saturated carbocycles. The zero-order chi connectivity index (χ0) is 14.4. The lowest BCUT2D eigenvalue weighted by Gasteiger charge is -2.15. The Balaban J connectivity index is 2.07. The smallest absolute Gasteiger partial charge is 0.225 e. The molecular formula is C12H13Cl2FN4O. The van der Waals surface area contributed by atoms with Gasteiger partial charge in [-0.05, 0) is 18.0 Å². The van der Waals surface area contributed by atoms with Crippen molar-refractivity contribution in [3.8, 4) is 0 Å².